The van der Waals surface area contributed by atoms with E-state index in [9.17, 15) is 9.59 Å². The van der Waals surface area contributed by atoms with Crippen molar-refractivity contribution < 1.29 is 14.3 Å². The lowest BCUT2D eigenvalue weighted by Gasteiger charge is -2.22. The minimum absolute atomic E-state index is 0.186. The fourth-order valence-corrected chi connectivity index (χ4v) is 2.84. The van der Waals surface area contributed by atoms with Crippen LogP contribution in [0, 0.1) is 0 Å². The van der Waals surface area contributed by atoms with Crippen molar-refractivity contribution in [1.29, 1.82) is 0 Å². The molecule has 1 aliphatic rings. The number of carbonyl (C=O) groups is 2. The molecule has 1 heterocycles. The van der Waals surface area contributed by atoms with Crippen LogP contribution in [-0.4, -0.2) is 22.3 Å². The second kappa shape index (κ2) is 6.90. The van der Waals surface area contributed by atoms with E-state index >= 15 is 0 Å². The topological polar surface area (TPSA) is 120 Å². The van der Waals surface area contributed by atoms with Crippen LogP contribution in [0.5, 0.6) is 11.6 Å². The molecule has 2 amide bonds. The highest BCUT2D eigenvalue weighted by atomic mass is 16.5. The van der Waals surface area contributed by atoms with Crippen LogP contribution in [0.3, 0.4) is 0 Å². The molecule has 1 aromatic carbocycles. The largest absolute Gasteiger partial charge is 0.439 e. The first-order valence-electron chi connectivity index (χ1n) is 8.10. The van der Waals surface area contributed by atoms with Crippen molar-refractivity contribution in [1.82, 2.24) is 4.98 Å². The molecule has 3 rings (SSSR count). The minimum Gasteiger partial charge on any atom is -0.439 e. The first kappa shape index (κ1) is 16.9. The molecule has 5 N–H and O–H groups in total. The number of aromatic nitrogens is 1. The van der Waals surface area contributed by atoms with Gasteiger partial charge in [-0.05, 0) is 37.1 Å². The number of nitrogens with zero attached hydrogens (tertiary/aromatic N) is 1. The van der Waals surface area contributed by atoms with E-state index in [0.29, 0.717) is 35.7 Å². The Hall–Kier alpha value is -2.93. The highest BCUT2D eigenvalue weighted by molar-refractivity contribution is 5.98. The van der Waals surface area contributed by atoms with E-state index in [0.717, 1.165) is 12.8 Å². The third-order valence-electron chi connectivity index (χ3n) is 4.28. The summed E-state index contributed by atoms with van der Waals surface area (Å²) in [6.07, 6.45) is 4.84. The van der Waals surface area contributed by atoms with E-state index in [1.165, 1.54) is 12.3 Å². The summed E-state index contributed by atoms with van der Waals surface area (Å²) >= 11 is 0. The van der Waals surface area contributed by atoms with Crippen molar-refractivity contribution in [3.63, 3.8) is 0 Å². The summed E-state index contributed by atoms with van der Waals surface area (Å²) in [7, 11) is 0. The Labute approximate surface area is 145 Å². The number of hydrogen-bond donors (Lipinski definition) is 3. The van der Waals surface area contributed by atoms with E-state index in [1.54, 1.807) is 30.3 Å². The normalized spacial score (nSPS) is 15.6. The number of nitrogens with two attached hydrogens (primary N) is 2. The van der Waals surface area contributed by atoms with Crippen molar-refractivity contribution in [2.24, 2.45) is 11.5 Å². The number of amides is 2. The van der Waals surface area contributed by atoms with Crippen LogP contribution in [0.1, 0.15) is 36.0 Å². The SMILES string of the molecule is NC(=O)c1cccc(Oc2ccc(NC(=O)C3(N)CCCC3)cn2)c1. The van der Waals surface area contributed by atoms with Gasteiger partial charge in [-0.1, -0.05) is 18.9 Å². The van der Waals surface area contributed by atoms with E-state index in [-0.39, 0.29) is 5.91 Å². The first-order chi connectivity index (χ1) is 12.0. The zero-order valence-corrected chi connectivity index (χ0v) is 13.7. The van der Waals surface area contributed by atoms with Crippen molar-refractivity contribution in [2.75, 3.05) is 5.32 Å². The Bertz CT molecular complexity index is 783. The molecule has 0 radical (unpaired) electrons. The lowest BCUT2D eigenvalue weighted by molar-refractivity contribution is -0.121. The number of anilines is 1. The van der Waals surface area contributed by atoms with Crippen LogP contribution in [0.25, 0.3) is 0 Å². The number of benzene rings is 1. The average Bonchev–Trinajstić information content (AvgIpc) is 3.05. The predicted molar refractivity (Wildman–Crippen MR) is 93.3 cm³/mol. The monoisotopic (exact) mass is 340 g/mol. The van der Waals surface area contributed by atoms with Gasteiger partial charge < -0.3 is 21.5 Å². The number of ether oxygens (including phenoxy) is 1. The van der Waals surface area contributed by atoms with Gasteiger partial charge in [-0.3, -0.25) is 9.59 Å². The lowest BCUT2D eigenvalue weighted by atomic mass is 9.98. The van der Waals surface area contributed by atoms with Crippen LogP contribution in [-0.2, 0) is 4.79 Å². The zero-order chi connectivity index (χ0) is 17.9. The molecule has 7 nitrogen and oxygen atoms in total. The maximum atomic E-state index is 12.3. The van der Waals surface area contributed by atoms with Crippen molar-refractivity contribution in [2.45, 2.75) is 31.2 Å². The Morgan fingerprint density at radius 1 is 1.16 bits per heavy atom. The molecule has 130 valence electrons. The Balaban J connectivity index is 1.65. The van der Waals surface area contributed by atoms with Gasteiger partial charge in [0.15, 0.2) is 0 Å². The van der Waals surface area contributed by atoms with E-state index in [1.807, 2.05) is 0 Å². The number of pyridine rings is 1. The molecule has 1 fully saturated rings. The van der Waals surface area contributed by atoms with E-state index < -0.39 is 11.4 Å². The highest BCUT2D eigenvalue weighted by Crippen LogP contribution is 2.28. The molecule has 0 bridgehead atoms. The van der Waals surface area contributed by atoms with Gasteiger partial charge in [-0.2, -0.15) is 0 Å². The molecule has 0 saturated heterocycles. The van der Waals surface area contributed by atoms with E-state index in [2.05, 4.69) is 10.3 Å². The van der Waals surface area contributed by atoms with Crippen molar-refractivity contribution >= 4 is 17.5 Å². The van der Waals surface area contributed by atoms with Gasteiger partial charge in [0.1, 0.15) is 5.75 Å². The summed E-state index contributed by atoms with van der Waals surface area (Å²) in [6.45, 7) is 0. The third-order valence-corrected chi connectivity index (χ3v) is 4.28. The smallest absolute Gasteiger partial charge is 0.248 e. The molecule has 1 aromatic heterocycles. The van der Waals surface area contributed by atoms with Crippen LogP contribution >= 0.6 is 0 Å². The second-order valence-corrected chi connectivity index (χ2v) is 6.20. The van der Waals surface area contributed by atoms with Crippen LogP contribution in [0.2, 0.25) is 0 Å². The lowest BCUT2D eigenvalue weighted by Crippen LogP contribution is -2.48. The van der Waals surface area contributed by atoms with Crippen LogP contribution < -0.4 is 21.5 Å². The Kier molecular flexibility index (Phi) is 4.67. The van der Waals surface area contributed by atoms with Gasteiger partial charge >= 0.3 is 0 Å². The molecule has 0 atom stereocenters. The number of nitrogens with one attached hydrogen (secondary N) is 1. The molecule has 25 heavy (non-hydrogen) atoms. The van der Waals surface area contributed by atoms with Crippen LogP contribution in [0.15, 0.2) is 42.6 Å². The number of carbonyl (C=O) groups excluding carboxylic acids is 2. The summed E-state index contributed by atoms with van der Waals surface area (Å²) < 4.78 is 5.59. The standard InChI is InChI=1S/C18H20N4O3/c19-16(23)12-4-3-5-14(10-12)25-15-7-6-13(11-21-15)22-17(24)18(20)8-1-2-9-18/h3-7,10-11H,1-2,8-9,20H2,(H2,19,23)(H,22,24). The van der Waals surface area contributed by atoms with Crippen molar-refractivity contribution in [3.05, 3.63) is 48.2 Å². The van der Waals surface area contributed by atoms with Gasteiger partial charge in [0.2, 0.25) is 17.7 Å². The Morgan fingerprint density at radius 2 is 1.92 bits per heavy atom. The van der Waals surface area contributed by atoms with Gasteiger partial charge in [0.25, 0.3) is 0 Å². The maximum absolute atomic E-state index is 12.3. The quantitative estimate of drug-likeness (QED) is 0.770. The molecule has 0 aliphatic heterocycles. The first-order valence-corrected chi connectivity index (χ1v) is 8.10. The number of primary amides is 1. The molecule has 1 aliphatic carbocycles. The maximum Gasteiger partial charge on any atom is 0.248 e. The molecule has 2 aromatic rings. The van der Waals surface area contributed by atoms with Gasteiger partial charge in [0, 0.05) is 11.6 Å². The summed E-state index contributed by atoms with van der Waals surface area (Å²) in [5.74, 6) is 0.0733. The molecular weight excluding hydrogens is 320 g/mol. The Morgan fingerprint density at radius 3 is 2.56 bits per heavy atom. The minimum atomic E-state index is -0.787. The predicted octanol–water partition coefficient (Wildman–Crippen LogP) is 2.18. The number of rotatable bonds is 5. The summed E-state index contributed by atoms with van der Waals surface area (Å²) in [6, 6.07) is 9.83. The second-order valence-electron chi connectivity index (χ2n) is 6.20. The van der Waals surface area contributed by atoms with Gasteiger partial charge in [0.05, 0.1) is 17.4 Å². The fourth-order valence-electron chi connectivity index (χ4n) is 2.84. The fraction of sp³-hybridized carbons (Fsp3) is 0.278. The van der Waals surface area contributed by atoms with Gasteiger partial charge in [-0.15, -0.1) is 0 Å². The number of hydrogen-bond acceptors (Lipinski definition) is 5. The molecule has 0 unspecified atom stereocenters. The summed E-state index contributed by atoms with van der Waals surface area (Å²) in [5, 5.41) is 2.80. The molecule has 7 heteroatoms. The van der Waals surface area contributed by atoms with Crippen molar-refractivity contribution in [3.8, 4) is 11.6 Å². The highest BCUT2D eigenvalue weighted by Gasteiger charge is 2.36. The zero-order valence-electron chi connectivity index (χ0n) is 13.7. The van der Waals surface area contributed by atoms with Gasteiger partial charge in [-0.25, -0.2) is 4.98 Å². The summed E-state index contributed by atoms with van der Waals surface area (Å²) in [4.78, 5) is 27.6. The summed E-state index contributed by atoms with van der Waals surface area (Å²) in [5.41, 5.74) is 11.5. The molecule has 0 spiro atoms. The molecule has 1 saturated carbocycles. The third kappa shape index (κ3) is 3.95. The average molecular weight is 340 g/mol. The van der Waals surface area contributed by atoms with E-state index in [4.69, 9.17) is 16.2 Å². The van der Waals surface area contributed by atoms with Crippen LogP contribution in [0.4, 0.5) is 5.69 Å². The molecular formula is C18H20N4O3.